The fourth-order valence-corrected chi connectivity index (χ4v) is 5.52. The van der Waals surface area contributed by atoms with Crippen molar-refractivity contribution >= 4 is 20.1 Å². The Labute approximate surface area is 200 Å². The number of unbranched alkanes of at least 4 members (excludes halogenated alkanes) is 1. The van der Waals surface area contributed by atoms with E-state index in [1.807, 2.05) is 0 Å². The molecule has 0 radical (unpaired) electrons. The largest absolute Gasteiger partial charge is 0.497 e. The number of ether oxygens (including phenoxy) is 1. The fraction of sp³-hybridized carbons (Fsp3) is 0.333. The Morgan fingerprint density at radius 2 is 1.53 bits per heavy atom. The molecule has 0 aliphatic heterocycles. The van der Waals surface area contributed by atoms with Crippen molar-refractivity contribution in [2.24, 2.45) is 0 Å². The lowest BCUT2D eigenvalue weighted by molar-refractivity contribution is 0.0787. The topological polar surface area (TPSA) is 130 Å². The van der Waals surface area contributed by atoms with E-state index in [0.717, 1.165) is 5.56 Å². The van der Waals surface area contributed by atoms with Crippen LogP contribution in [-0.4, -0.2) is 40.1 Å². The van der Waals surface area contributed by atoms with Crippen LogP contribution in [0.4, 0.5) is 0 Å². The molecule has 0 atom stereocenters. The number of hydrogen-bond donors (Lipinski definition) is 3. The summed E-state index contributed by atoms with van der Waals surface area (Å²) < 4.78 is 66.0. The van der Waals surface area contributed by atoms with Gasteiger partial charge in [-0.2, -0.15) is 8.42 Å². The van der Waals surface area contributed by atoms with Gasteiger partial charge in [-0.05, 0) is 80.1 Å². The number of aryl methyl sites for hydroxylation is 1. The van der Waals surface area contributed by atoms with Gasteiger partial charge in [0.25, 0.3) is 10.1 Å². The maximum atomic E-state index is 12.4. The molecule has 0 unspecified atom stereocenters. The molecule has 0 spiro atoms. The quantitative estimate of drug-likeness (QED) is 0.282. The van der Waals surface area contributed by atoms with E-state index in [-0.39, 0.29) is 16.3 Å². The first kappa shape index (κ1) is 26.1. The third kappa shape index (κ3) is 6.13. The Morgan fingerprint density at radius 3 is 2.09 bits per heavy atom. The van der Waals surface area contributed by atoms with Crippen LogP contribution in [0, 0.1) is 0 Å². The van der Waals surface area contributed by atoms with Gasteiger partial charge in [-0.3, -0.25) is 4.55 Å². The van der Waals surface area contributed by atoms with Crippen molar-refractivity contribution in [3.63, 3.8) is 0 Å². The molecule has 184 valence electrons. The second-order valence-corrected chi connectivity index (χ2v) is 11.7. The van der Waals surface area contributed by atoms with E-state index in [4.69, 9.17) is 4.74 Å². The standard InChI is InChI=1S/C24H29NO7S2/c1-24(2,26)18-7-13-21-17(16-23(34(29,30)31)22(21)14-8-18)6-4-5-15-25-33(27,28)20-11-9-19(32-3)10-12-20/h7-14,16,25-26H,4-6,15H2,1-3H3,(H,29,30,31). The summed E-state index contributed by atoms with van der Waals surface area (Å²) in [5, 5.41) is 10.3. The molecule has 0 aromatic heterocycles. The minimum Gasteiger partial charge on any atom is -0.497 e. The average molecular weight is 508 g/mol. The van der Waals surface area contributed by atoms with E-state index in [1.165, 1.54) is 25.3 Å². The fourth-order valence-electron chi connectivity index (χ4n) is 3.70. The third-order valence-corrected chi connectivity index (χ3v) is 7.96. The van der Waals surface area contributed by atoms with Gasteiger partial charge in [-0.25, -0.2) is 13.1 Å². The van der Waals surface area contributed by atoms with Crippen LogP contribution in [0.15, 0.2) is 64.4 Å². The first-order chi connectivity index (χ1) is 15.8. The Hall–Kier alpha value is -2.50. The van der Waals surface area contributed by atoms with Crippen molar-refractivity contribution in [1.82, 2.24) is 4.72 Å². The predicted octanol–water partition coefficient (Wildman–Crippen LogP) is 3.58. The second-order valence-electron chi connectivity index (χ2n) is 8.55. The zero-order valence-corrected chi connectivity index (χ0v) is 20.9. The molecule has 0 fully saturated rings. The molecule has 0 saturated carbocycles. The smallest absolute Gasteiger partial charge is 0.295 e. The number of rotatable bonds is 10. The van der Waals surface area contributed by atoms with Crippen LogP contribution in [-0.2, 0) is 32.2 Å². The van der Waals surface area contributed by atoms with Gasteiger partial charge in [0, 0.05) is 12.1 Å². The van der Waals surface area contributed by atoms with Crippen molar-refractivity contribution in [2.45, 2.75) is 48.5 Å². The Kier molecular flexibility index (Phi) is 7.69. The highest BCUT2D eigenvalue weighted by Gasteiger charge is 2.24. The number of methoxy groups -OCH3 is 1. The molecule has 0 saturated heterocycles. The molecule has 8 nitrogen and oxygen atoms in total. The zero-order valence-electron chi connectivity index (χ0n) is 19.3. The van der Waals surface area contributed by atoms with E-state index in [0.29, 0.717) is 41.7 Å². The summed E-state index contributed by atoms with van der Waals surface area (Å²) in [4.78, 5) is -0.0427. The van der Waals surface area contributed by atoms with Gasteiger partial charge in [0.15, 0.2) is 0 Å². The molecule has 0 heterocycles. The third-order valence-electron chi connectivity index (χ3n) is 5.59. The molecular weight excluding hydrogens is 478 g/mol. The van der Waals surface area contributed by atoms with Crippen LogP contribution in [0.5, 0.6) is 5.75 Å². The summed E-state index contributed by atoms with van der Waals surface area (Å²) in [5.41, 5.74) is 1.23. The molecule has 2 aliphatic carbocycles. The summed E-state index contributed by atoms with van der Waals surface area (Å²) in [5.74, 6) is 0.563. The number of benzene rings is 1. The first-order valence-electron chi connectivity index (χ1n) is 10.7. The summed E-state index contributed by atoms with van der Waals surface area (Å²) in [6, 6.07) is 14.2. The summed E-state index contributed by atoms with van der Waals surface area (Å²) in [7, 11) is -6.59. The molecular formula is C24H29NO7S2. The SMILES string of the molecule is COc1ccc(S(=O)(=O)NCCCCc2cc(S(=O)(=O)O)c3ccc(C(C)(C)O)ccc2-3)cc1. The van der Waals surface area contributed by atoms with Gasteiger partial charge in [-0.1, -0.05) is 24.3 Å². The molecule has 3 N–H and O–H groups in total. The molecule has 34 heavy (non-hydrogen) atoms. The molecule has 1 aromatic rings. The van der Waals surface area contributed by atoms with Crippen LogP contribution in [0.2, 0.25) is 0 Å². The van der Waals surface area contributed by atoms with Gasteiger partial charge >= 0.3 is 0 Å². The normalized spacial score (nSPS) is 12.7. The van der Waals surface area contributed by atoms with Gasteiger partial charge in [0.05, 0.1) is 17.6 Å². The molecule has 1 aromatic carbocycles. The van der Waals surface area contributed by atoms with Crippen molar-refractivity contribution < 1.29 is 31.2 Å². The molecule has 0 bridgehead atoms. The number of fused-ring (bicyclic) bond motifs is 1. The van der Waals surface area contributed by atoms with Gasteiger partial charge in [-0.15, -0.1) is 0 Å². The average Bonchev–Trinajstić information content (AvgIpc) is 2.95. The summed E-state index contributed by atoms with van der Waals surface area (Å²) >= 11 is 0. The van der Waals surface area contributed by atoms with E-state index in [9.17, 15) is 26.5 Å². The summed E-state index contributed by atoms with van der Waals surface area (Å²) in [6.07, 6.45) is 1.60. The van der Waals surface area contributed by atoms with Crippen molar-refractivity contribution in [3.8, 4) is 16.9 Å². The minimum atomic E-state index is -4.44. The van der Waals surface area contributed by atoms with Crippen molar-refractivity contribution in [2.75, 3.05) is 13.7 Å². The Balaban J connectivity index is 1.71. The highest BCUT2D eigenvalue weighted by Crippen LogP contribution is 2.36. The molecule has 3 rings (SSSR count). The summed E-state index contributed by atoms with van der Waals surface area (Å²) in [6.45, 7) is 3.48. The number of hydrogen-bond acceptors (Lipinski definition) is 6. The van der Waals surface area contributed by atoms with Gasteiger partial charge < -0.3 is 9.84 Å². The predicted molar refractivity (Wildman–Crippen MR) is 129 cm³/mol. The van der Waals surface area contributed by atoms with E-state index in [1.54, 1.807) is 50.2 Å². The highest BCUT2D eigenvalue weighted by molar-refractivity contribution is 7.89. The number of nitrogens with one attached hydrogen (secondary N) is 1. The van der Waals surface area contributed by atoms with Crippen molar-refractivity contribution in [1.29, 1.82) is 0 Å². The number of sulfonamides is 1. The molecule has 2 aliphatic rings. The lowest BCUT2D eigenvalue weighted by atomic mass is 10.0. The second kappa shape index (κ2) is 10.0. The lowest BCUT2D eigenvalue weighted by Gasteiger charge is -2.15. The van der Waals surface area contributed by atoms with Crippen LogP contribution < -0.4 is 9.46 Å². The van der Waals surface area contributed by atoms with Crippen LogP contribution >= 0.6 is 0 Å². The van der Waals surface area contributed by atoms with Crippen LogP contribution in [0.3, 0.4) is 0 Å². The monoisotopic (exact) mass is 507 g/mol. The van der Waals surface area contributed by atoms with E-state index in [2.05, 4.69) is 4.72 Å². The first-order valence-corrected chi connectivity index (χ1v) is 13.6. The lowest BCUT2D eigenvalue weighted by Crippen LogP contribution is -2.24. The van der Waals surface area contributed by atoms with Crippen molar-refractivity contribution in [3.05, 3.63) is 65.7 Å². The Bertz CT molecular complexity index is 1330. The van der Waals surface area contributed by atoms with Gasteiger partial charge in [0.1, 0.15) is 10.6 Å². The number of aliphatic hydroxyl groups is 1. The Morgan fingerprint density at radius 1 is 0.912 bits per heavy atom. The van der Waals surface area contributed by atoms with E-state index < -0.39 is 25.7 Å². The maximum absolute atomic E-state index is 12.4. The van der Waals surface area contributed by atoms with Gasteiger partial charge in [0.2, 0.25) is 10.0 Å². The van der Waals surface area contributed by atoms with Crippen LogP contribution in [0.1, 0.15) is 37.8 Å². The maximum Gasteiger partial charge on any atom is 0.295 e. The highest BCUT2D eigenvalue weighted by atomic mass is 32.2. The molecule has 0 amide bonds. The van der Waals surface area contributed by atoms with E-state index >= 15 is 0 Å². The minimum absolute atomic E-state index is 0.142. The zero-order chi connectivity index (χ0) is 25.1. The molecule has 10 heteroatoms. The van der Waals surface area contributed by atoms with Crippen LogP contribution in [0.25, 0.3) is 11.1 Å².